The van der Waals surface area contributed by atoms with E-state index in [4.69, 9.17) is 5.84 Å². The maximum Gasteiger partial charge on any atom is 0.191 e. The second-order valence-electron chi connectivity index (χ2n) is 5.70. The predicted octanol–water partition coefficient (Wildman–Crippen LogP) is 2.46. The molecule has 2 aromatic rings. The Hall–Kier alpha value is -1.60. The number of hydrogen-bond acceptors (Lipinski definition) is 6. The molecule has 2 saturated carbocycles. The summed E-state index contributed by atoms with van der Waals surface area (Å²) in [5.74, 6) is 8.72. The molecule has 0 bridgehead atoms. The fourth-order valence-corrected chi connectivity index (χ4v) is 3.37. The molecule has 2 aliphatic rings. The second kappa shape index (κ2) is 5.31. The fraction of sp³-hybridized carbons (Fsp3) is 0.500. The molecule has 0 radical (unpaired) electrons. The van der Waals surface area contributed by atoms with Gasteiger partial charge in [-0.05, 0) is 37.3 Å². The molecule has 2 fully saturated rings. The van der Waals surface area contributed by atoms with Crippen molar-refractivity contribution < 1.29 is 0 Å². The van der Waals surface area contributed by atoms with Gasteiger partial charge in [0.15, 0.2) is 5.16 Å². The summed E-state index contributed by atoms with van der Waals surface area (Å²) >= 11 is 1.75. The maximum atomic E-state index is 5.32. The lowest BCUT2D eigenvalue weighted by molar-refractivity contribution is 0.627. The molecule has 2 heterocycles. The van der Waals surface area contributed by atoms with Crippen molar-refractivity contribution in [2.24, 2.45) is 5.84 Å². The van der Waals surface area contributed by atoms with E-state index in [2.05, 4.69) is 25.2 Å². The predicted molar refractivity (Wildman–Crippen MR) is 81.9 cm³/mol. The molecule has 7 heteroatoms. The number of nitrogens with one attached hydrogen (secondary N) is 1. The molecular weight excluding hydrogens is 284 g/mol. The van der Waals surface area contributed by atoms with E-state index < -0.39 is 0 Å². The number of nitrogens with two attached hydrogens (primary N) is 1. The summed E-state index contributed by atoms with van der Waals surface area (Å²) in [6.07, 6.45) is 6.93. The first-order chi connectivity index (χ1) is 10.3. The second-order valence-corrected chi connectivity index (χ2v) is 6.64. The number of pyridine rings is 1. The van der Waals surface area contributed by atoms with E-state index >= 15 is 0 Å². The van der Waals surface area contributed by atoms with Crippen LogP contribution in [0.5, 0.6) is 0 Å². The Labute approximate surface area is 127 Å². The summed E-state index contributed by atoms with van der Waals surface area (Å²) in [4.78, 5) is 4.23. The van der Waals surface area contributed by atoms with Crippen molar-refractivity contribution in [1.29, 1.82) is 0 Å². The van der Waals surface area contributed by atoms with Crippen LogP contribution in [0.4, 0.5) is 5.82 Å². The molecule has 0 spiro atoms. The van der Waals surface area contributed by atoms with Gasteiger partial charge in [-0.3, -0.25) is 0 Å². The molecule has 110 valence electrons. The first kappa shape index (κ1) is 13.1. The van der Waals surface area contributed by atoms with Crippen LogP contribution in [0, 0.1) is 0 Å². The van der Waals surface area contributed by atoms with Gasteiger partial charge in [0.25, 0.3) is 0 Å². The largest absolute Gasteiger partial charge is 0.308 e. The Morgan fingerprint density at radius 2 is 2.10 bits per heavy atom. The van der Waals surface area contributed by atoms with E-state index in [0.29, 0.717) is 17.8 Å². The van der Waals surface area contributed by atoms with Gasteiger partial charge in [0.2, 0.25) is 0 Å². The lowest BCUT2D eigenvalue weighted by Gasteiger charge is -2.08. The highest BCUT2D eigenvalue weighted by Gasteiger charge is 2.36. The van der Waals surface area contributed by atoms with Gasteiger partial charge in [0.1, 0.15) is 11.6 Å². The first-order valence-corrected chi connectivity index (χ1v) is 8.33. The van der Waals surface area contributed by atoms with Crippen molar-refractivity contribution in [2.45, 2.75) is 48.6 Å². The Morgan fingerprint density at radius 1 is 1.24 bits per heavy atom. The molecule has 0 unspecified atom stereocenters. The third-order valence-electron chi connectivity index (χ3n) is 3.89. The molecule has 3 N–H and O–H groups in total. The first-order valence-electron chi connectivity index (χ1n) is 7.34. The highest BCUT2D eigenvalue weighted by molar-refractivity contribution is 7.98. The molecule has 0 saturated heterocycles. The molecular formula is C14H18N6S. The van der Waals surface area contributed by atoms with Gasteiger partial charge < -0.3 is 9.99 Å². The molecule has 4 rings (SSSR count). The van der Waals surface area contributed by atoms with Crippen LogP contribution in [0.2, 0.25) is 0 Å². The number of aromatic nitrogens is 4. The van der Waals surface area contributed by atoms with Crippen LogP contribution in [0.3, 0.4) is 0 Å². The third-order valence-corrected chi connectivity index (χ3v) is 4.90. The average Bonchev–Trinajstić information content (AvgIpc) is 3.44. The van der Waals surface area contributed by atoms with Crippen molar-refractivity contribution in [3.63, 3.8) is 0 Å². The van der Waals surface area contributed by atoms with Gasteiger partial charge in [-0.2, -0.15) is 0 Å². The molecule has 0 amide bonds. The number of nitrogen functional groups attached to an aromatic ring is 1. The van der Waals surface area contributed by atoms with Crippen LogP contribution in [0.25, 0.3) is 0 Å². The summed E-state index contributed by atoms with van der Waals surface area (Å²) in [5.41, 5.74) is 3.70. The van der Waals surface area contributed by atoms with Crippen molar-refractivity contribution in [3.8, 4) is 0 Å². The van der Waals surface area contributed by atoms with E-state index in [1.165, 1.54) is 31.5 Å². The minimum Gasteiger partial charge on any atom is -0.308 e. The monoisotopic (exact) mass is 302 g/mol. The lowest BCUT2D eigenvalue weighted by atomic mass is 10.3. The van der Waals surface area contributed by atoms with Gasteiger partial charge in [-0.15, -0.1) is 10.2 Å². The minimum atomic E-state index is 0.639. The standard InChI is InChI=1S/C14H18N6S/c15-17-12-6-1-9(7-16-12)8-21-14-19-18-13(10-2-3-10)20(14)11-4-5-11/h1,6-7,10-11H,2-5,8,15H2,(H,16,17). The Kier molecular flexibility index (Phi) is 3.31. The van der Waals surface area contributed by atoms with Crippen molar-refractivity contribution in [3.05, 3.63) is 29.7 Å². The van der Waals surface area contributed by atoms with E-state index in [0.717, 1.165) is 16.5 Å². The van der Waals surface area contributed by atoms with Crippen LogP contribution in [0.15, 0.2) is 23.5 Å². The van der Waals surface area contributed by atoms with E-state index in [1.807, 2.05) is 18.3 Å². The number of rotatable bonds is 6. The quantitative estimate of drug-likeness (QED) is 0.484. The van der Waals surface area contributed by atoms with E-state index in [9.17, 15) is 0 Å². The van der Waals surface area contributed by atoms with Crippen molar-refractivity contribution in [1.82, 2.24) is 19.7 Å². The normalized spacial score (nSPS) is 18.0. The summed E-state index contributed by atoms with van der Waals surface area (Å²) < 4.78 is 2.38. The van der Waals surface area contributed by atoms with Crippen LogP contribution in [-0.4, -0.2) is 19.7 Å². The van der Waals surface area contributed by atoms with Gasteiger partial charge >= 0.3 is 0 Å². The highest BCUT2D eigenvalue weighted by atomic mass is 32.2. The topological polar surface area (TPSA) is 81.6 Å². The molecule has 0 atom stereocenters. The number of hydrazine groups is 1. The Morgan fingerprint density at radius 3 is 2.71 bits per heavy atom. The smallest absolute Gasteiger partial charge is 0.191 e. The van der Waals surface area contributed by atoms with E-state index in [1.54, 1.807) is 11.8 Å². The number of hydrogen-bond donors (Lipinski definition) is 2. The SMILES string of the molecule is NNc1ccc(CSc2nnc(C3CC3)n2C2CC2)cn1. The molecule has 0 aliphatic heterocycles. The Balaban J connectivity index is 1.48. The summed E-state index contributed by atoms with van der Waals surface area (Å²) in [5, 5.41) is 9.90. The molecule has 2 aliphatic carbocycles. The average molecular weight is 302 g/mol. The number of anilines is 1. The molecule has 21 heavy (non-hydrogen) atoms. The van der Waals surface area contributed by atoms with Crippen LogP contribution in [0.1, 0.15) is 49.0 Å². The van der Waals surface area contributed by atoms with Gasteiger partial charge in [-0.25, -0.2) is 10.8 Å². The van der Waals surface area contributed by atoms with Gasteiger partial charge in [0, 0.05) is 23.9 Å². The Bertz CT molecular complexity index is 629. The number of nitrogens with zero attached hydrogens (tertiary/aromatic N) is 4. The van der Waals surface area contributed by atoms with Crippen LogP contribution in [-0.2, 0) is 5.75 Å². The lowest BCUT2D eigenvalue weighted by Crippen LogP contribution is -2.08. The molecule has 0 aromatic carbocycles. The zero-order valence-corrected chi connectivity index (χ0v) is 12.5. The van der Waals surface area contributed by atoms with Gasteiger partial charge in [0.05, 0.1) is 0 Å². The summed E-state index contributed by atoms with van der Waals surface area (Å²) in [6, 6.07) is 4.56. The van der Waals surface area contributed by atoms with Crippen LogP contribution >= 0.6 is 11.8 Å². The minimum absolute atomic E-state index is 0.639. The number of thioether (sulfide) groups is 1. The third kappa shape index (κ3) is 2.75. The van der Waals surface area contributed by atoms with Crippen LogP contribution < -0.4 is 11.3 Å². The van der Waals surface area contributed by atoms with E-state index in [-0.39, 0.29) is 0 Å². The summed E-state index contributed by atoms with van der Waals surface area (Å²) in [7, 11) is 0. The van der Waals surface area contributed by atoms with Gasteiger partial charge in [-0.1, -0.05) is 17.8 Å². The molecule has 6 nitrogen and oxygen atoms in total. The zero-order chi connectivity index (χ0) is 14.2. The van der Waals surface area contributed by atoms with Crippen molar-refractivity contribution in [2.75, 3.05) is 5.43 Å². The zero-order valence-electron chi connectivity index (χ0n) is 11.7. The highest BCUT2D eigenvalue weighted by Crippen LogP contribution is 2.46. The fourth-order valence-electron chi connectivity index (χ4n) is 2.43. The summed E-state index contributed by atoms with van der Waals surface area (Å²) in [6.45, 7) is 0. The molecule has 2 aromatic heterocycles. The maximum absolute atomic E-state index is 5.32. The van der Waals surface area contributed by atoms with Crippen molar-refractivity contribution >= 4 is 17.6 Å².